The predicted octanol–water partition coefficient (Wildman–Crippen LogP) is 3.22. The third-order valence-corrected chi connectivity index (χ3v) is 6.03. The maximum atomic E-state index is 12.8. The number of aromatic nitrogens is 3. The second-order valence-corrected chi connectivity index (χ2v) is 7.93. The van der Waals surface area contributed by atoms with Crippen molar-refractivity contribution in [3.05, 3.63) is 46.4 Å². The van der Waals surface area contributed by atoms with Crippen LogP contribution in [0.5, 0.6) is 0 Å². The Balaban J connectivity index is 1.51. The molecule has 1 fully saturated rings. The molecule has 3 aromatic rings. The molecule has 0 spiro atoms. The van der Waals surface area contributed by atoms with Crippen molar-refractivity contribution in [3.8, 4) is 0 Å². The first kappa shape index (κ1) is 18.8. The van der Waals surface area contributed by atoms with Crippen molar-refractivity contribution in [1.82, 2.24) is 20.3 Å². The number of aryl methyl sites for hydroxylation is 2. The van der Waals surface area contributed by atoms with E-state index in [1.165, 1.54) is 17.7 Å². The first-order chi connectivity index (χ1) is 13.6. The minimum Gasteiger partial charge on any atom is -0.376 e. The van der Waals surface area contributed by atoms with Gasteiger partial charge >= 0.3 is 0 Å². The minimum atomic E-state index is -0.117. The van der Waals surface area contributed by atoms with Gasteiger partial charge in [-0.3, -0.25) is 9.78 Å². The molecule has 1 atom stereocenters. The molecule has 0 bridgehead atoms. The molecule has 2 N–H and O–H groups in total. The normalized spacial score (nSPS) is 16.4. The molecule has 0 radical (unpaired) electrons. The van der Waals surface area contributed by atoms with Gasteiger partial charge in [0.2, 0.25) is 0 Å². The molecule has 4 rings (SSSR count). The van der Waals surface area contributed by atoms with Gasteiger partial charge in [-0.15, -0.1) is 11.3 Å². The Labute approximate surface area is 167 Å². The number of rotatable bonds is 6. The molecule has 0 saturated carbocycles. The SMILES string of the molecule is Cc1cccc(CNC(=O)c2sc3ncnc(NC[C@H]4CCCO4)c3c2C)n1. The first-order valence-corrected chi connectivity index (χ1v) is 10.2. The van der Waals surface area contributed by atoms with Gasteiger partial charge in [-0.2, -0.15) is 0 Å². The fraction of sp³-hybridized carbons (Fsp3) is 0.400. The van der Waals surface area contributed by atoms with Gasteiger partial charge in [0.25, 0.3) is 5.91 Å². The van der Waals surface area contributed by atoms with Crippen LogP contribution in [0.2, 0.25) is 0 Å². The van der Waals surface area contributed by atoms with Gasteiger partial charge in [-0.05, 0) is 44.4 Å². The number of ether oxygens (including phenoxy) is 1. The average molecular weight is 398 g/mol. The number of fused-ring (bicyclic) bond motifs is 1. The quantitative estimate of drug-likeness (QED) is 0.664. The molecule has 0 unspecified atom stereocenters. The van der Waals surface area contributed by atoms with Crippen LogP contribution in [0.1, 0.15) is 39.5 Å². The van der Waals surface area contributed by atoms with Crippen molar-refractivity contribution < 1.29 is 9.53 Å². The summed E-state index contributed by atoms with van der Waals surface area (Å²) in [5, 5.41) is 7.24. The monoisotopic (exact) mass is 397 g/mol. The lowest BCUT2D eigenvalue weighted by Crippen LogP contribution is -2.23. The number of pyridine rings is 1. The maximum absolute atomic E-state index is 12.8. The Kier molecular flexibility index (Phi) is 5.50. The average Bonchev–Trinajstić information content (AvgIpc) is 3.33. The highest BCUT2D eigenvalue weighted by molar-refractivity contribution is 7.20. The van der Waals surface area contributed by atoms with E-state index in [1.807, 2.05) is 32.0 Å². The molecule has 1 saturated heterocycles. The summed E-state index contributed by atoms with van der Waals surface area (Å²) >= 11 is 1.39. The summed E-state index contributed by atoms with van der Waals surface area (Å²) in [6.45, 7) is 5.81. The maximum Gasteiger partial charge on any atom is 0.262 e. The molecule has 146 valence electrons. The number of amides is 1. The van der Waals surface area contributed by atoms with E-state index < -0.39 is 0 Å². The van der Waals surface area contributed by atoms with Gasteiger partial charge in [0.1, 0.15) is 17.0 Å². The van der Waals surface area contributed by atoms with Gasteiger partial charge < -0.3 is 15.4 Å². The van der Waals surface area contributed by atoms with Gasteiger partial charge in [0.05, 0.1) is 28.6 Å². The van der Waals surface area contributed by atoms with Gasteiger partial charge in [-0.25, -0.2) is 9.97 Å². The number of thiophene rings is 1. The Morgan fingerprint density at radius 2 is 2.21 bits per heavy atom. The summed E-state index contributed by atoms with van der Waals surface area (Å²) in [5.74, 6) is 0.641. The van der Waals surface area contributed by atoms with Crippen molar-refractivity contribution in [1.29, 1.82) is 0 Å². The lowest BCUT2D eigenvalue weighted by molar-refractivity contribution is 0.0954. The van der Waals surface area contributed by atoms with Crippen molar-refractivity contribution >= 4 is 33.3 Å². The van der Waals surface area contributed by atoms with Gasteiger partial charge in [0.15, 0.2) is 0 Å². The topological polar surface area (TPSA) is 89.0 Å². The molecule has 7 nitrogen and oxygen atoms in total. The highest BCUT2D eigenvalue weighted by atomic mass is 32.1. The Morgan fingerprint density at radius 1 is 1.32 bits per heavy atom. The number of hydrogen-bond acceptors (Lipinski definition) is 7. The Morgan fingerprint density at radius 3 is 3.00 bits per heavy atom. The molecule has 1 amide bonds. The van der Waals surface area contributed by atoms with Crippen LogP contribution >= 0.6 is 11.3 Å². The summed E-state index contributed by atoms with van der Waals surface area (Å²) in [7, 11) is 0. The molecule has 8 heteroatoms. The van der Waals surface area contributed by atoms with Crippen LogP contribution in [0.3, 0.4) is 0 Å². The molecular formula is C20H23N5O2S. The van der Waals surface area contributed by atoms with E-state index >= 15 is 0 Å². The van der Waals surface area contributed by atoms with Crippen molar-refractivity contribution in [3.63, 3.8) is 0 Å². The van der Waals surface area contributed by atoms with Crippen LogP contribution in [-0.4, -0.2) is 40.1 Å². The lowest BCUT2D eigenvalue weighted by atomic mass is 10.2. The highest BCUT2D eigenvalue weighted by Gasteiger charge is 2.21. The zero-order valence-electron chi connectivity index (χ0n) is 16.0. The zero-order valence-corrected chi connectivity index (χ0v) is 16.8. The summed E-state index contributed by atoms with van der Waals surface area (Å²) in [6.07, 6.45) is 3.91. The molecule has 28 heavy (non-hydrogen) atoms. The molecule has 0 aliphatic carbocycles. The Bertz CT molecular complexity index is 997. The van der Waals surface area contributed by atoms with Crippen LogP contribution < -0.4 is 10.6 Å². The van der Waals surface area contributed by atoms with Crippen LogP contribution in [0.15, 0.2) is 24.5 Å². The van der Waals surface area contributed by atoms with Crippen LogP contribution in [0, 0.1) is 13.8 Å². The number of hydrogen-bond donors (Lipinski definition) is 2. The van der Waals surface area contributed by atoms with E-state index in [1.54, 1.807) is 0 Å². The van der Waals surface area contributed by atoms with Crippen LogP contribution in [-0.2, 0) is 11.3 Å². The predicted molar refractivity (Wildman–Crippen MR) is 110 cm³/mol. The van der Waals surface area contributed by atoms with E-state index in [-0.39, 0.29) is 12.0 Å². The van der Waals surface area contributed by atoms with E-state index in [0.29, 0.717) is 18.0 Å². The minimum absolute atomic E-state index is 0.117. The van der Waals surface area contributed by atoms with Crippen molar-refractivity contribution in [2.24, 2.45) is 0 Å². The smallest absolute Gasteiger partial charge is 0.262 e. The van der Waals surface area contributed by atoms with E-state index in [9.17, 15) is 4.79 Å². The second-order valence-electron chi connectivity index (χ2n) is 6.93. The fourth-order valence-corrected chi connectivity index (χ4v) is 4.45. The molecule has 1 aliphatic rings. The van der Waals surface area contributed by atoms with Crippen molar-refractivity contribution in [2.75, 3.05) is 18.5 Å². The largest absolute Gasteiger partial charge is 0.376 e. The first-order valence-electron chi connectivity index (χ1n) is 9.42. The molecule has 0 aromatic carbocycles. The Hall–Kier alpha value is -2.58. The number of anilines is 1. The zero-order chi connectivity index (χ0) is 19.5. The molecular weight excluding hydrogens is 374 g/mol. The van der Waals surface area contributed by atoms with E-state index in [4.69, 9.17) is 4.74 Å². The standard InChI is InChI=1S/C20H23N5O2S/c1-12-5-3-6-14(25-12)9-22-19(26)17-13(2)16-18(23-11-24-20(16)28-17)21-10-15-7-4-8-27-15/h3,5-6,11,15H,4,7-10H2,1-2H3,(H,22,26)(H,21,23,24)/t15-/m1/s1. The van der Waals surface area contributed by atoms with Gasteiger partial charge in [-0.1, -0.05) is 6.07 Å². The third-order valence-electron chi connectivity index (χ3n) is 4.83. The number of nitrogens with one attached hydrogen (secondary N) is 2. The van der Waals surface area contributed by atoms with E-state index in [2.05, 4.69) is 25.6 Å². The number of carbonyl (C=O) groups excluding carboxylic acids is 1. The third kappa shape index (κ3) is 3.98. The molecule has 4 heterocycles. The highest BCUT2D eigenvalue weighted by Crippen LogP contribution is 2.33. The fourth-order valence-electron chi connectivity index (χ4n) is 3.39. The molecule has 1 aliphatic heterocycles. The number of nitrogens with zero attached hydrogens (tertiary/aromatic N) is 3. The van der Waals surface area contributed by atoms with Crippen LogP contribution in [0.4, 0.5) is 5.82 Å². The van der Waals surface area contributed by atoms with E-state index in [0.717, 1.165) is 52.4 Å². The van der Waals surface area contributed by atoms with Crippen LogP contribution in [0.25, 0.3) is 10.2 Å². The lowest BCUT2D eigenvalue weighted by Gasteiger charge is -2.12. The number of carbonyl (C=O) groups is 1. The van der Waals surface area contributed by atoms with Gasteiger partial charge in [0, 0.05) is 18.8 Å². The molecule has 3 aromatic heterocycles. The summed E-state index contributed by atoms with van der Waals surface area (Å²) in [4.78, 5) is 27.4. The summed E-state index contributed by atoms with van der Waals surface area (Å²) in [5.41, 5.74) is 2.66. The summed E-state index contributed by atoms with van der Waals surface area (Å²) in [6, 6.07) is 5.78. The summed E-state index contributed by atoms with van der Waals surface area (Å²) < 4.78 is 5.67. The second kappa shape index (κ2) is 8.20. The van der Waals surface area contributed by atoms with Crippen molar-refractivity contribution in [2.45, 2.75) is 39.3 Å².